The predicted octanol–water partition coefficient (Wildman–Crippen LogP) is 2.11. The van der Waals surface area contributed by atoms with Crippen LogP contribution in [0.1, 0.15) is 21.6 Å². The average molecular weight is 268 g/mol. The number of aromatic carboxylic acids is 1. The molecule has 100 valence electrons. The van der Waals surface area contributed by atoms with Gasteiger partial charge in [0, 0.05) is 23.7 Å². The molecule has 0 aliphatic rings. The smallest absolute Gasteiger partial charge is 0.339 e. The molecule has 0 spiro atoms. The molecule has 0 radical (unpaired) electrons. The lowest BCUT2D eigenvalue weighted by molar-refractivity contribution is 0.0697. The highest BCUT2D eigenvalue weighted by Crippen LogP contribution is 2.21. The highest BCUT2D eigenvalue weighted by molar-refractivity contribution is 5.96. The summed E-state index contributed by atoms with van der Waals surface area (Å²) < 4.78 is 1.55. The van der Waals surface area contributed by atoms with Crippen LogP contribution >= 0.6 is 0 Å². The average Bonchev–Trinajstić information content (AvgIpc) is 2.84. The van der Waals surface area contributed by atoms with E-state index in [9.17, 15) is 9.90 Å². The van der Waals surface area contributed by atoms with Crippen molar-refractivity contribution in [3.63, 3.8) is 0 Å². The topological polar surface area (TPSA) is 80.4 Å². The first-order valence-corrected chi connectivity index (χ1v) is 6.08. The molecular weight excluding hydrogens is 256 g/mol. The Morgan fingerprint density at radius 2 is 2.15 bits per heavy atom. The Morgan fingerprint density at radius 1 is 1.35 bits per heavy atom. The van der Waals surface area contributed by atoms with Crippen LogP contribution in [0.2, 0.25) is 0 Å². The van der Waals surface area contributed by atoms with Gasteiger partial charge < -0.3 is 5.11 Å². The number of aromatic nitrogens is 4. The zero-order chi connectivity index (χ0) is 14.3. The van der Waals surface area contributed by atoms with E-state index in [4.69, 9.17) is 0 Å². The van der Waals surface area contributed by atoms with Crippen LogP contribution in [-0.4, -0.2) is 30.7 Å². The molecule has 0 atom stereocenters. The van der Waals surface area contributed by atoms with Gasteiger partial charge in [0.15, 0.2) is 11.5 Å². The molecule has 0 bridgehead atoms. The van der Waals surface area contributed by atoms with Crippen molar-refractivity contribution in [2.45, 2.75) is 13.8 Å². The molecule has 0 saturated heterocycles. The molecule has 3 aromatic heterocycles. The Morgan fingerprint density at radius 3 is 2.80 bits per heavy atom. The molecule has 0 aliphatic heterocycles. The fraction of sp³-hybridized carbons (Fsp3) is 0.143. The summed E-state index contributed by atoms with van der Waals surface area (Å²) >= 11 is 0. The molecule has 3 aromatic rings. The minimum absolute atomic E-state index is 0.179. The van der Waals surface area contributed by atoms with E-state index >= 15 is 0 Å². The fourth-order valence-electron chi connectivity index (χ4n) is 2.22. The molecule has 0 amide bonds. The van der Waals surface area contributed by atoms with Gasteiger partial charge in [-0.3, -0.25) is 4.98 Å². The molecule has 3 rings (SSSR count). The van der Waals surface area contributed by atoms with Gasteiger partial charge in [0.25, 0.3) is 0 Å². The summed E-state index contributed by atoms with van der Waals surface area (Å²) in [6.45, 7) is 3.63. The minimum atomic E-state index is -1.00. The maximum atomic E-state index is 11.4. The highest BCUT2D eigenvalue weighted by Gasteiger charge is 2.18. The van der Waals surface area contributed by atoms with E-state index < -0.39 is 5.97 Å². The first kappa shape index (κ1) is 12.3. The summed E-state index contributed by atoms with van der Waals surface area (Å²) in [5.74, 6) is -0.535. The standard InChI is InChI=1S/C14H12N4O2/c1-8-6-9(2)18-13(11(8)14(19)20)16-12(17-18)10-4-3-5-15-7-10/h3-7H,1-2H3,(H,19,20). The van der Waals surface area contributed by atoms with Gasteiger partial charge in [0.05, 0.1) is 0 Å². The SMILES string of the molecule is Cc1cc(C)n2nc(-c3cccnc3)nc2c1C(=O)O. The fourth-order valence-corrected chi connectivity index (χ4v) is 2.22. The van der Waals surface area contributed by atoms with Crippen LogP contribution in [0, 0.1) is 13.8 Å². The third kappa shape index (κ3) is 1.82. The molecule has 0 aliphatic carbocycles. The number of hydrogen-bond acceptors (Lipinski definition) is 4. The molecule has 20 heavy (non-hydrogen) atoms. The van der Waals surface area contributed by atoms with Gasteiger partial charge in [-0.05, 0) is 37.6 Å². The zero-order valence-electron chi connectivity index (χ0n) is 11.0. The molecule has 0 saturated carbocycles. The Hall–Kier alpha value is -2.76. The van der Waals surface area contributed by atoms with E-state index in [0.29, 0.717) is 17.0 Å². The quantitative estimate of drug-likeness (QED) is 0.769. The Kier molecular flexibility index (Phi) is 2.71. The van der Waals surface area contributed by atoms with Crippen LogP contribution in [-0.2, 0) is 0 Å². The first-order valence-electron chi connectivity index (χ1n) is 6.08. The van der Waals surface area contributed by atoms with Crippen LogP contribution in [0.3, 0.4) is 0 Å². The van der Waals surface area contributed by atoms with Crippen LogP contribution in [0.15, 0.2) is 30.6 Å². The van der Waals surface area contributed by atoms with Crippen molar-refractivity contribution in [1.29, 1.82) is 0 Å². The van der Waals surface area contributed by atoms with Gasteiger partial charge in [0.1, 0.15) is 5.56 Å². The maximum absolute atomic E-state index is 11.4. The summed E-state index contributed by atoms with van der Waals surface area (Å²) in [7, 11) is 0. The van der Waals surface area contributed by atoms with Crippen molar-refractivity contribution in [3.8, 4) is 11.4 Å². The predicted molar refractivity (Wildman–Crippen MR) is 72.7 cm³/mol. The van der Waals surface area contributed by atoms with Crippen LogP contribution in [0.5, 0.6) is 0 Å². The van der Waals surface area contributed by atoms with Crippen molar-refractivity contribution in [1.82, 2.24) is 19.6 Å². The molecule has 0 unspecified atom stereocenters. The summed E-state index contributed by atoms with van der Waals surface area (Å²) in [6.07, 6.45) is 3.31. The Labute approximate surface area is 114 Å². The van der Waals surface area contributed by atoms with Gasteiger partial charge in [-0.25, -0.2) is 14.3 Å². The number of fused-ring (bicyclic) bond motifs is 1. The second kappa shape index (κ2) is 4.41. The largest absolute Gasteiger partial charge is 0.478 e. The number of aryl methyl sites for hydroxylation is 2. The van der Waals surface area contributed by atoms with Gasteiger partial charge in [0.2, 0.25) is 0 Å². The van der Waals surface area contributed by atoms with E-state index in [-0.39, 0.29) is 5.56 Å². The molecular formula is C14H12N4O2. The number of carbonyl (C=O) groups is 1. The maximum Gasteiger partial charge on any atom is 0.339 e. The van der Waals surface area contributed by atoms with Crippen molar-refractivity contribution >= 4 is 11.6 Å². The van der Waals surface area contributed by atoms with Gasteiger partial charge in [-0.15, -0.1) is 5.10 Å². The third-order valence-electron chi connectivity index (χ3n) is 3.12. The lowest BCUT2D eigenvalue weighted by Crippen LogP contribution is -2.06. The van der Waals surface area contributed by atoms with Gasteiger partial charge in [-0.1, -0.05) is 0 Å². The van der Waals surface area contributed by atoms with E-state index in [0.717, 1.165) is 11.3 Å². The summed E-state index contributed by atoms with van der Waals surface area (Å²) in [5, 5.41) is 13.7. The number of carboxylic acid groups (broad SMARTS) is 1. The number of carboxylic acids is 1. The molecule has 3 heterocycles. The van der Waals surface area contributed by atoms with Crippen molar-refractivity contribution in [3.05, 3.63) is 47.4 Å². The second-order valence-electron chi connectivity index (χ2n) is 4.56. The Bertz CT molecular complexity index is 809. The van der Waals surface area contributed by atoms with Crippen molar-refractivity contribution < 1.29 is 9.90 Å². The first-order chi connectivity index (χ1) is 9.58. The summed E-state index contributed by atoms with van der Waals surface area (Å²) in [5.41, 5.74) is 2.80. The van der Waals surface area contributed by atoms with E-state index in [1.807, 2.05) is 13.0 Å². The summed E-state index contributed by atoms with van der Waals surface area (Å²) in [4.78, 5) is 19.8. The zero-order valence-corrected chi connectivity index (χ0v) is 11.0. The molecule has 0 aromatic carbocycles. The molecule has 6 nitrogen and oxygen atoms in total. The Balaban J connectivity index is 2.33. The minimum Gasteiger partial charge on any atom is -0.478 e. The molecule has 0 fully saturated rings. The van der Waals surface area contributed by atoms with E-state index in [1.54, 1.807) is 36.0 Å². The third-order valence-corrected chi connectivity index (χ3v) is 3.12. The van der Waals surface area contributed by atoms with E-state index in [1.165, 1.54) is 0 Å². The number of pyridine rings is 2. The van der Waals surface area contributed by atoms with Gasteiger partial charge >= 0.3 is 5.97 Å². The number of nitrogens with zero attached hydrogens (tertiary/aromatic N) is 4. The van der Waals surface area contributed by atoms with Crippen LogP contribution in [0.25, 0.3) is 17.0 Å². The number of rotatable bonds is 2. The summed E-state index contributed by atoms with van der Waals surface area (Å²) in [6, 6.07) is 5.42. The monoisotopic (exact) mass is 268 g/mol. The molecule has 1 N–H and O–H groups in total. The van der Waals surface area contributed by atoms with E-state index in [2.05, 4.69) is 15.1 Å². The van der Waals surface area contributed by atoms with Gasteiger partial charge in [-0.2, -0.15) is 0 Å². The highest BCUT2D eigenvalue weighted by atomic mass is 16.4. The van der Waals surface area contributed by atoms with Crippen molar-refractivity contribution in [2.75, 3.05) is 0 Å². The molecule has 6 heteroatoms. The van der Waals surface area contributed by atoms with Crippen LogP contribution < -0.4 is 0 Å². The lowest BCUT2D eigenvalue weighted by atomic mass is 10.1. The normalized spacial score (nSPS) is 10.9. The number of hydrogen-bond donors (Lipinski definition) is 1. The lowest BCUT2D eigenvalue weighted by Gasteiger charge is -2.04. The second-order valence-corrected chi connectivity index (χ2v) is 4.56. The van der Waals surface area contributed by atoms with Crippen LogP contribution in [0.4, 0.5) is 0 Å². The van der Waals surface area contributed by atoms with Crippen molar-refractivity contribution in [2.24, 2.45) is 0 Å².